The smallest absolute Gasteiger partial charge is 0.374 e. The van der Waals surface area contributed by atoms with Gasteiger partial charge in [-0.2, -0.15) is 13.2 Å². The molecule has 1 saturated heterocycles. The molecule has 0 radical (unpaired) electrons. The molecule has 0 saturated carbocycles. The number of benzene rings is 2. The minimum absolute atomic E-state index is 0.00954. The molecule has 40 heavy (non-hydrogen) atoms. The molecule has 4 rings (SSSR count). The number of carbonyl (C=O) groups excluding carboxylic acids is 1. The Morgan fingerprint density at radius 3 is 2.23 bits per heavy atom. The highest BCUT2D eigenvalue weighted by Crippen LogP contribution is 2.41. The predicted octanol–water partition coefficient (Wildman–Crippen LogP) is 2.30. The van der Waals surface area contributed by atoms with Gasteiger partial charge in [-0.25, -0.2) is 4.79 Å². The van der Waals surface area contributed by atoms with E-state index in [1.807, 2.05) is 17.4 Å². The van der Waals surface area contributed by atoms with Crippen molar-refractivity contribution in [2.24, 2.45) is 0 Å². The van der Waals surface area contributed by atoms with Gasteiger partial charge in [-0.15, -0.1) is 0 Å². The Labute approximate surface area is 226 Å². The van der Waals surface area contributed by atoms with Crippen LogP contribution < -0.4 is 16.6 Å². The Bertz CT molecular complexity index is 1380. The summed E-state index contributed by atoms with van der Waals surface area (Å²) < 4.78 is 64.5. The molecule has 4 atom stereocenters. The van der Waals surface area contributed by atoms with E-state index >= 15 is 0 Å². The van der Waals surface area contributed by atoms with Gasteiger partial charge in [0.25, 0.3) is 5.56 Å². The van der Waals surface area contributed by atoms with E-state index in [2.05, 4.69) is 4.98 Å². The SMILES string of the molecule is CO[C@H]1[C@H](n2ccc(=O)[nH]c2=O)O[C@](CNC(=O)C(F)(F)F)(COCc2ccccc2)[C@H]1OCc1ccccc1. The number of nitrogens with zero attached hydrogens (tertiary/aromatic N) is 1. The molecular weight excluding hydrogens is 535 g/mol. The zero-order valence-corrected chi connectivity index (χ0v) is 21.4. The number of nitrogens with one attached hydrogen (secondary N) is 2. The molecule has 1 aliphatic rings. The van der Waals surface area contributed by atoms with Crippen molar-refractivity contribution >= 4 is 5.91 Å². The number of hydrogen-bond donors (Lipinski definition) is 2. The molecule has 214 valence electrons. The number of hydrogen-bond acceptors (Lipinski definition) is 7. The maximum atomic E-state index is 13.1. The Morgan fingerprint density at radius 1 is 1.02 bits per heavy atom. The van der Waals surface area contributed by atoms with Crippen LogP contribution in [0.4, 0.5) is 13.2 Å². The highest BCUT2D eigenvalue weighted by Gasteiger charge is 2.58. The van der Waals surface area contributed by atoms with E-state index in [4.69, 9.17) is 18.9 Å². The van der Waals surface area contributed by atoms with Gasteiger partial charge in [0.1, 0.15) is 17.8 Å². The zero-order chi connectivity index (χ0) is 28.8. The summed E-state index contributed by atoms with van der Waals surface area (Å²) >= 11 is 0. The molecule has 0 spiro atoms. The molecule has 0 bridgehead atoms. The number of H-pyrrole nitrogens is 1. The molecule has 1 aliphatic heterocycles. The number of halogens is 3. The number of methoxy groups -OCH3 is 1. The summed E-state index contributed by atoms with van der Waals surface area (Å²) in [7, 11) is 1.33. The monoisotopic (exact) mass is 563 g/mol. The maximum absolute atomic E-state index is 13.1. The van der Waals surface area contributed by atoms with Crippen molar-refractivity contribution in [3.05, 3.63) is 105 Å². The summed E-state index contributed by atoms with van der Waals surface area (Å²) in [5.74, 6) is -2.18. The molecule has 0 aliphatic carbocycles. The van der Waals surface area contributed by atoms with Gasteiger partial charge in [-0.05, 0) is 11.1 Å². The van der Waals surface area contributed by atoms with Crippen molar-refractivity contribution < 1.29 is 36.9 Å². The summed E-state index contributed by atoms with van der Waals surface area (Å²) in [5.41, 5.74) is -1.69. The number of carbonyl (C=O) groups is 1. The van der Waals surface area contributed by atoms with Crippen molar-refractivity contribution in [2.75, 3.05) is 20.3 Å². The first-order valence-electron chi connectivity index (χ1n) is 12.3. The molecule has 3 aromatic rings. The molecular formula is C27H28F3N3O7. The molecule has 10 nitrogen and oxygen atoms in total. The number of rotatable bonds is 11. The first-order valence-corrected chi connectivity index (χ1v) is 12.3. The third-order valence-electron chi connectivity index (χ3n) is 6.39. The van der Waals surface area contributed by atoms with E-state index in [-0.39, 0.29) is 19.8 Å². The first kappa shape index (κ1) is 29.2. The Hall–Kier alpha value is -3.78. The lowest BCUT2D eigenvalue weighted by atomic mass is 9.95. The summed E-state index contributed by atoms with van der Waals surface area (Å²) in [4.78, 5) is 38.3. The fourth-order valence-electron chi connectivity index (χ4n) is 4.47. The second kappa shape index (κ2) is 12.6. The summed E-state index contributed by atoms with van der Waals surface area (Å²) in [5, 5.41) is 1.87. The fraction of sp³-hybridized carbons (Fsp3) is 0.370. The summed E-state index contributed by atoms with van der Waals surface area (Å²) in [6.45, 7) is -0.941. The van der Waals surface area contributed by atoms with Crippen LogP contribution in [-0.4, -0.2) is 59.7 Å². The van der Waals surface area contributed by atoms with Crippen LogP contribution in [0.2, 0.25) is 0 Å². The molecule has 0 unspecified atom stereocenters. The van der Waals surface area contributed by atoms with Crippen LogP contribution in [0.25, 0.3) is 0 Å². The van der Waals surface area contributed by atoms with Crippen LogP contribution >= 0.6 is 0 Å². The second-order valence-electron chi connectivity index (χ2n) is 9.17. The van der Waals surface area contributed by atoms with E-state index in [1.165, 1.54) is 13.3 Å². The van der Waals surface area contributed by atoms with Crippen molar-refractivity contribution in [3.63, 3.8) is 0 Å². The third-order valence-corrected chi connectivity index (χ3v) is 6.39. The minimum atomic E-state index is -5.15. The predicted molar refractivity (Wildman–Crippen MR) is 135 cm³/mol. The quantitative estimate of drug-likeness (QED) is 0.367. The van der Waals surface area contributed by atoms with Crippen molar-refractivity contribution in [1.29, 1.82) is 0 Å². The van der Waals surface area contributed by atoms with Crippen molar-refractivity contribution in [3.8, 4) is 0 Å². The van der Waals surface area contributed by atoms with Gasteiger partial charge in [0.2, 0.25) is 0 Å². The lowest BCUT2D eigenvalue weighted by molar-refractivity contribution is -0.180. The van der Waals surface area contributed by atoms with Gasteiger partial charge in [-0.1, -0.05) is 60.7 Å². The lowest BCUT2D eigenvalue weighted by Crippen LogP contribution is -2.57. The van der Waals surface area contributed by atoms with E-state index in [9.17, 15) is 27.6 Å². The normalized spacial score (nSPS) is 22.8. The van der Waals surface area contributed by atoms with Crippen molar-refractivity contribution in [1.82, 2.24) is 14.9 Å². The van der Waals surface area contributed by atoms with Crippen LogP contribution in [0.3, 0.4) is 0 Å². The molecule has 1 aromatic heterocycles. The van der Waals surface area contributed by atoms with Crippen LogP contribution in [0, 0.1) is 0 Å². The standard InChI is InChI=1S/C27H28F3N3O7/c1-37-21-22(39-15-19-10-6-3-7-11-19)26(16-31-24(35)27(28,29)30,17-38-14-18-8-4-2-5-9-18)40-23(21)33-13-12-20(34)32-25(33)36/h2-13,21-23H,14-17H2,1H3,(H,31,35)(H,32,34,36)/t21-,22+,23-,26-/m1/s1. The fourth-order valence-corrected chi connectivity index (χ4v) is 4.47. The highest BCUT2D eigenvalue weighted by atomic mass is 19.4. The van der Waals surface area contributed by atoms with Gasteiger partial charge in [-0.3, -0.25) is 19.1 Å². The molecule has 1 fully saturated rings. The topological polar surface area (TPSA) is 121 Å². The summed E-state index contributed by atoms with van der Waals surface area (Å²) in [6, 6.07) is 19.1. The minimum Gasteiger partial charge on any atom is -0.374 e. The van der Waals surface area contributed by atoms with Crippen LogP contribution in [-0.2, 0) is 37.0 Å². The Balaban J connectivity index is 1.71. The first-order chi connectivity index (χ1) is 19.1. The Morgan fingerprint density at radius 2 is 1.65 bits per heavy atom. The van der Waals surface area contributed by atoms with E-state index in [0.29, 0.717) is 0 Å². The van der Waals surface area contributed by atoms with Crippen LogP contribution in [0.15, 0.2) is 82.5 Å². The molecule has 2 aromatic carbocycles. The van der Waals surface area contributed by atoms with Crippen molar-refractivity contribution in [2.45, 2.75) is 43.4 Å². The van der Waals surface area contributed by atoms with Gasteiger partial charge < -0.3 is 24.3 Å². The third kappa shape index (κ3) is 6.86. The molecule has 2 N–H and O–H groups in total. The largest absolute Gasteiger partial charge is 0.471 e. The average Bonchev–Trinajstić information content (AvgIpc) is 3.24. The van der Waals surface area contributed by atoms with E-state index in [0.717, 1.165) is 21.8 Å². The van der Waals surface area contributed by atoms with Gasteiger partial charge in [0.15, 0.2) is 6.23 Å². The Kier molecular flexibility index (Phi) is 9.20. The van der Waals surface area contributed by atoms with Gasteiger partial charge >= 0.3 is 17.8 Å². The zero-order valence-electron chi connectivity index (χ0n) is 21.4. The molecule has 13 heteroatoms. The number of alkyl halides is 3. The number of amides is 1. The van der Waals surface area contributed by atoms with E-state index < -0.39 is 53.9 Å². The highest BCUT2D eigenvalue weighted by molar-refractivity contribution is 5.81. The number of aromatic amines is 1. The maximum Gasteiger partial charge on any atom is 0.471 e. The second-order valence-corrected chi connectivity index (χ2v) is 9.17. The van der Waals surface area contributed by atoms with E-state index in [1.54, 1.807) is 48.5 Å². The van der Waals surface area contributed by atoms with Crippen LogP contribution in [0.5, 0.6) is 0 Å². The number of ether oxygens (including phenoxy) is 4. The summed E-state index contributed by atoms with van der Waals surface area (Å²) in [6.07, 6.45) is -7.41. The van der Waals surface area contributed by atoms with Gasteiger partial charge in [0, 0.05) is 19.4 Å². The average molecular weight is 564 g/mol. The number of aromatic nitrogens is 2. The van der Waals surface area contributed by atoms with Gasteiger partial charge in [0.05, 0.1) is 26.4 Å². The molecule has 2 heterocycles. The lowest BCUT2D eigenvalue weighted by Gasteiger charge is -2.35. The van der Waals surface area contributed by atoms with Crippen LogP contribution in [0.1, 0.15) is 17.4 Å². The molecule has 1 amide bonds.